The maximum Gasteiger partial charge on any atom is 0.270 e. The van der Waals surface area contributed by atoms with Gasteiger partial charge in [-0.3, -0.25) is 9.20 Å². The normalized spacial score (nSPS) is 14.8. The fraction of sp³-hybridized carbons (Fsp3) is 0.391. The largest absolute Gasteiger partial charge is 0.372 e. The van der Waals surface area contributed by atoms with Gasteiger partial charge in [0.2, 0.25) is 0 Å². The number of anilines is 1. The maximum absolute atomic E-state index is 12.9. The molecule has 5 nitrogen and oxygen atoms in total. The molecule has 152 valence electrons. The molecule has 4 rings (SSSR count). The molecule has 1 aliphatic rings. The number of aryl methyl sites for hydroxylation is 1. The average Bonchev–Trinajstić information content (AvgIpc) is 2.90. The molecule has 2 aromatic heterocycles. The number of imidazole rings is 1. The molecule has 0 aliphatic carbocycles. The summed E-state index contributed by atoms with van der Waals surface area (Å²) >= 11 is 6.13. The summed E-state index contributed by atoms with van der Waals surface area (Å²) in [5.74, 6) is -0.131. The second kappa shape index (κ2) is 8.87. The zero-order chi connectivity index (χ0) is 20.2. The molecule has 0 unspecified atom stereocenters. The van der Waals surface area contributed by atoms with Gasteiger partial charge in [0.1, 0.15) is 11.3 Å². The first-order chi connectivity index (χ1) is 14.2. The molecule has 6 heteroatoms. The number of nitrogens with zero attached hydrogens (tertiary/aromatic N) is 3. The Labute approximate surface area is 176 Å². The summed E-state index contributed by atoms with van der Waals surface area (Å²) in [6, 6.07) is 12.2. The molecule has 1 N–H and O–H groups in total. The van der Waals surface area contributed by atoms with E-state index in [1.54, 1.807) is 16.7 Å². The van der Waals surface area contributed by atoms with Gasteiger partial charge in [-0.15, -0.1) is 0 Å². The topological polar surface area (TPSA) is 49.6 Å². The van der Waals surface area contributed by atoms with Crippen molar-refractivity contribution in [3.8, 4) is 0 Å². The first-order valence-corrected chi connectivity index (χ1v) is 10.8. The zero-order valence-electron chi connectivity index (χ0n) is 16.8. The van der Waals surface area contributed by atoms with Gasteiger partial charge in [-0.2, -0.15) is 0 Å². The highest BCUT2D eigenvalue weighted by molar-refractivity contribution is 6.30. The Morgan fingerprint density at radius 3 is 2.48 bits per heavy atom. The van der Waals surface area contributed by atoms with E-state index in [0.717, 1.165) is 30.0 Å². The summed E-state index contributed by atoms with van der Waals surface area (Å²) in [5, 5.41) is 3.62. The lowest BCUT2D eigenvalue weighted by Gasteiger charge is -2.22. The number of pyridine rings is 1. The minimum atomic E-state index is -0.131. The molecule has 0 spiro atoms. The molecule has 0 atom stereocenters. The Balaban J connectivity index is 1.46. The predicted octanol–water partition coefficient (Wildman–Crippen LogP) is 4.86. The van der Waals surface area contributed by atoms with E-state index in [4.69, 9.17) is 11.6 Å². The highest BCUT2D eigenvalue weighted by atomic mass is 35.5. The molecular weight excluding hydrogens is 384 g/mol. The number of hydrogen-bond acceptors (Lipinski definition) is 3. The summed E-state index contributed by atoms with van der Waals surface area (Å²) in [5.41, 5.74) is 4.43. The molecule has 1 amide bonds. The number of hydrogen-bond donors (Lipinski definition) is 1. The second-order valence-corrected chi connectivity index (χ2v) is 8.02. The van der Waals surface area contributed by atoms with Gasteiger partial charge in [0, 0.05) is 31.5 Å². The van der Waals surface area contributed by atoms with Gasteiger partial charge in [-0.25, -0.2) is 4.98 Å². The smallest absolute Gasteiger partial charge is 0.270 e. The van der Waals surface area contributed by atoms with E-state index in [0.29, 0.717) is 23.7 Å². The third kappa shape index (κ3) is 4.40. The van der Waals surface area contributed by atoms with Gasteiger partial charge in [0.05, 0.1) is 10.7 Å². The number of carbonyl (C=O) groups excluding carboxylic acids is 1. The maximum atomic E-state index is 12.9. The number of carbonyl (C=O) groups is 1. The van der Waals surface area contributed by atoms with Crippen LogP contribution >= 0.6 is 11.6 Å². The van der Waals surface area contributed by atoms with Crippen molar-refractivity contribution in [1.29, 1.82) is 0 Å². The first-order valence-electron chi connectivity index (χ1n) is 10.4. The molecule has 29 heavy (non-hydrogen) atoms. The average molecular weight is 411 g/mol. The van der Waals surface area contributed by atoms with Crippen molar-refractivity contribution < 1.29 is 4.79 Å². The Bertz CT molecular complexity index is 988. The molecule has 1 fully saturated rings. The van der Waals surface area contributed by atoms with Crippen LogP contribution in [0.15, 0.2) is 42.6 Å². The number of halogens is 1. The highest BCUT2D eigenvalue weighted by Crippen LogP contribution is 2.21. The van der Waals surface area contributed by atoms with Crippen LogP contribution in [0.5, 0.6) is 0 Å². The Hall–Kier alpha value is -2.53. The van der Waals surface area contributed by atoms with E-state index in [9.17, 15) is 4.79 Å². The quantitative estimate of drug-likeness (QED) is 0.653. The van der Waals surface area contributed by atoms with Crippen LogP contribution in [0.25, 0.3) is 5.65 Å². The van der Waals surface area contributed by atoms with Crippen molar-refractivity contribution in [2.24, 2.45) is 0 Å². The summed E-state index contributed by atoms with van der Waals surface area (Å²) in [6.07, 6.45) is 7.62. The zero-order valence-corrected chi connectivity index (χ0v) is 17.6. The van der Waals surface area contributed by atoms with Gasteiger partial charge in [0.15, 0.2) is 0 Å². The third-order valence-electron chi connectivity index (χ3n) is 5.57. The molecule has 1 aliphatic heterocycles. The lowest BCUT2D eigenvalue weighted by atomic mass is 10.1. The Morgan fingerprint density at radius 1 is 1.07 bits per heavy atom. The molecule has 3 aromatic rings. The van der Waals surface area contributed by atoms with E-state index in [1.807, 2.05) is 13.0 Å². The summed E-state index contributed by atoms with van der Waals surface area (Å²) in [4.78, 5) is 19.9. The molecule has 1 aromatic carbocycles. The second-order valence-electron chi connectivity index (χ2n) is 7.59. The van der Waals surface area contributed by atoms with E-state index in [2.05, 4.69) is 39.5 Å². The Kier molecular flexibility index (Phi) is 6.05. The van der Waals surface area contributed by atoms with Crippen molar-refractivity contribution in [1.82, 2.24) is 14.7 Å². The van der Waals surface area contributed by atoms with E-state index < -0.39 is 0 Å². The highest BCUT2D eigenvalue weighted by Gasteiger charge is 2.18. The lowest BCUT2D eigenvalue weighted by molar-refractivity contribution is 0.0944. The number of aromatic nitrogens is 2. The van der Waals surface area contributed by atoms with Crippen molar-refractivity contribution in [3.05, 3.63) is 64.6 Å². The molecule has 0 saturated carbocycles. The summed E-state index contributed by atoms with van der Waals surface area (Å²) in [7, 11) is 0. The number of rotatable bonds is 5. The van der Waals surface area contributed by atoms with E-state index >= 15 is 0 Å². The predicted molar refractivity (Wildman–Crippen MR) is 118 cm³/mol. The summed E-state index contributed by atoms with van der Waals surface area (Å²) in [6.45, 7) is 4.75. The van der Waals surface area contributed by atoms with Crippen LogP contribution in [-0.2, 0) is 13.0 Å². The van der Waals surface area contributed by atoms with Crippen LogP contribution < -0.4 is 10.2 Å². The fourth-order valence-corrected chi connectivity index (χ4v) is 4.13. The molecule has 1 saturated heterocycles. The SMILES string of the molecule is CCc1nc2ccc(Cl)cn2c1C(=O)NCc1ccc(N2CCCCCC2)cc1. The summed E-state index contributed by atoms with van der Waals surface area (Å²) < 4.78 is 1.78. The van der Waals surface area contributed by atoms with Crippen LogP contribution in [0.1, 0.15) is 54.4 Å². The number of nitrogens with one attached hydrogen (secondary N) is 1. The van der Waals surface area contributed by atoms with Crippen LogP contribution in [0.2, 0.25) is 5.02 Å². The van der Waals surface area contributed by atoms with Gasteiger partial charge in [-0.05, 0) is 49.1 Å². The Morgan fingerprint density at radius 2 is 1.79 bits per heavy atom. The molecule has 0 bridgehead atoms. The minimum absolute atomic E-state index is 0.131. The van der Waals surface area contributed by atoms with Crippen molar-refractivity contribution in [2.45, 2.75) is 45.6 Å². The number of benzene rings is 1. The van der Waals surface area contributed by atoms with Crippen LogP contribution in [0.4, 0.5) is 5.69 Å². The standard InChI is InChI=1S/C23H27ClN4O/c1-2-20-22(28-16-18(24)9-12-21(28)26-20)23(29)25-15-17-7-10-19(11-8-17)27-13-5-3-4-6-14-27/h7-12,16H,2-6,13-15H2,1H3,(H,25,29). The fourth-order valence-electron chi connectivity index (χ4n) is 3.97. The van der Waals surface area contributed by atoms with Crippen molar-refractivity contribution >= 4 is 28.8 Å². The van der Waals surface area contributed by atoms with Gasteiger partial charge in [0.25, 0.3) is 5.91 Å². The van der Waals surface area contributed by atoms with Crippen LogP contribution in [0, 0.1) is 0 Å². The third-order valence-corrected chi connectivity index (χ3v) is 5.79. The molecule has 3 heterocycles. The molecular formula is C23H27ClN4O. The molecule has 0 radical (unpaired) electrons. The van der Waals surface area contributed by atoms with Gasteiger partial charge in [-0.1, -0.05) is 43.5 Å². The van der Waals surface area contributed by atoms with E-state index in [-0.39, 0.29) is 5.91 Å². The number of fused-ring (bicyclic) bond motifs is 1. The lowest BCUT2D eigenvalue weighted by Crippen LogP contribution is -2.26. The first kappa shape index (κ1) is 19.8. The number of amides is 1. The van der Waals surface area contributed by atoms with Crippen molar-refractivity contribution in [2.75, 3.05) is 18.0 Å². The van der Waals surface area contributed by atoms with Crippen molar-refractivity contribution in [3.63, 3.8) is 0 Å². The monoisotopic (exact) mass is 410 g/mol. The van der Waals surface area contributed by atoms with E-state index in [1.165, 1.54) is 31.4 Å². The van der Waals surface area contributed by atoms with Gasteiger partial charge >= 0.3 is 0 Å². The van der Waals surface area contributed by atoms with Crippen LogP contribution in [0.3, 0.4) is 0 Å². The van der Waals surface area contributed by atoms with Gasteiger partial charge < -0.3 is 10.2 Å². The minimum Gasteiger partial charge on any atom is -0.372 e. The van der Waals surface area contributed by atoms with Crippen LogP contribution in [-0.4, -0.2) is 28.4 Å².